The third kappa shape index (κ3) is 1.12. The Labute approximate surface area is 76.5 Å². The van der Waals surface area contributed by atoms with Crippen LogP contribution in [0.3, 0.4) is 0 Å². The molecular weight excluding hydrogens is 170 g/mol. The van der Waals surface area contributed by atoms with Crippen LogP contribution in [0.1, 0.15) is 32.6 Å². The molecule has 0 radical (unpaired) electrons. The van der Waals surface area contributed by atoms with Crippen molar-refractivity contribution in [3.63, 3.8) is 0 Å². The lowest BCUT2D eigenvalue weighted by Gasteiger charge is -2.39. The third-order valence-corrected chi connectivity index (χ3v) is 3.21. The van der Waals surface area contributed by atoms with Crippen LogP contribution in [0.2, 0.25) is 0 Å². The quantitative estimate of drug-likeness (QED) is 0.614. The molecular formula is C9H13NO3. The number of piperidine rings is 1. The van der Waals surface area contributed by atoms with E-state index in [0.717, 1.165) is 12.8 Å². The molecule has 0 saturated carbocycles. The predicted octanol–water partition coefficient (Wildman–Crippen LogP) is 1.25. The lowest BCUT2D eigenvalue weighted by Crippen LogP contribution is -2.53. The highest BCUT2D eigenvalue weighted by molar-refractivity contribution is 5.84. The molecule has 4 nitrogen and oxygen atoms in total. The van der Waals surface area contributed by atoms with E-state index < -0.39 is 11.6 Å². The third-order valence-electron chi connectivity index (χ3n) is 3.21. The van der Waals surface area contributed by atoms with Gasteiger partial charge in [-0.1, -0.05) is 0 Å². The highest BCUT2D eigenvalue weighted by atomic mass is 16.4. The number of carbonyl (C=O) groups excluding carboxylic acids is 1. The molecule has 1 amide bonds. The van der Waals surface area contributed by atoms with E-state index in [-0.39, 0.29) is 11.8 Å². The molecule has 2 rings (SSSR count). The van der Waals surface area contributed by atoms with Gasteiger partial charge in [-0.05, 0) is 19.8 Å². The fourth-order valence-electron chi connectivity index (χ4n) is 2.68. The van der Waals surface area contributed by atoms with Gasteiger partial charge in [0.25, 0.3) is 0 Å². The molecule has 2 saturated heterocycles. The maximum absolute atomic E-state index is 11.3. The summed E-state index contributed by atoms with van der Waals surface area (Å²) < 4.78 is 0. The fraction of sp³-hybridized carbons (Fsp3) is 0.778. The highest BCUT2D eigenvalue weighted by Crippen LogP contribution is 2.42. The van der Waals surface area contributed by atoms with Crippen LogP contribution >= 0.6 is 0 Å². The first-order chi connectivity index (χ1) is 6.03. The van der Waals surface area contributed by atoms with Gasteiger partial charge < -0.3 is 5.11 Å². The normalized spacial score (nSPS) is 38.1. The molecule has 1 N–H and O–H groups in total. The summed E-state index contributed by atoms with van der Waals surface area (Å²) in [5.41, 5.74) is -0.411. The minimum atomic E-state index is -0.877. The lowest BCUT2D eigenvalue weighted by molar-refractivity contribution is -0.125. The van der Waals surface area contributed by atoms with Gasteiger partial charge in [-0.25, -0.2) is 4.79 Å². The van der Waals surface area contributed by atoms with Gasteiger partial charge in [-0.3, -0.25) is 9.69 Å². The Morgan fingerprint density at radius 1 is 1.69 bits per heavy atom. The second kappa shape index (κ2) is 2.47. The van der Waals surface area contributed by atoms with E-state index in [1.165, 1.54) is 4.90 Å². The molecule has 2 fully saturated rings. The monoisotopic (exact) mass is 183 g/mol. The van der Waals surface area contributed by atoms with E-state index in [4.69, 9.17) is 5.11 Å². The highest BCUT2D eigenvalue weighted by Gasteiger charge is 2.50. The SMILES string of the molecule is C[C@]12CC[C@H](CC(=O)C1)N2C(=O)O. The smallest absolute Gasteiger partial charge is 0.408 e. The van der Waals surface area contributed by atoms with Crippen molar-refractivity contribution >= 4 is 11.9 Å². The molecule has 0 aromatic carbocycles. The van der Waals surface area contributed by atoms with Crippen LogP contribution in [0, 0.1) is 0 Å². The summed E-state index contributed by atoms with van der Waals surface area (Å²) in [6.45, 7) is 1.87. The molecule has 0 spiro atoms. The van der Waals surface area contributed by atoms with E-state index in [1.807, 2.05) is 6.92 Å². The first-order valence-corrected chi connectivity index (χ1v) is 4.57. The van der Waals surface area contributed by atoms with Crippen LogP contribution in [-0.2, 0) is 4.79 Å². The number of carbonyl (C=O) groups is 2. The maximum Gasteiger partial charge on any atom is 0.408 e. The van der Waals surface area contributed by atoms with Crippen LogP contribution < -0.4 is 0 Å². The minimum Gasteiger partial charge on any atom is -0.465 e. The second-order valence-corrected chi connectivity index (χ2v) is 4.26. The average Bonchev–Trinajstić information content (AvgIpc) is 2.19. The van der Waals surface area contributed by atoms with Gasteiger partial charge in [0.15, 0.2) is 0 Å². The average molecular weight is 183 g/mol. The summed E-state index contributed by atoms with van der Waals surface area (Å²) >= 11 is 0. The number of hydrogen-bond acceptors (Lipinski definition) is 2. The number of rotatable bonds is 0. The Bertz CT molecular complexity index is 276. The van der Waals surface area contributed by atoms with Gasteiger partial charge in [-0.2, -0.15) is 0 Å². The van der Waals surface area contributed by atoms with Crippen molar-refractivity contribution in [1.82, 2.24) is 4.90 Å². The van der Waals surface area contributed by atoms with Gasteiger partial charge in [0.05, 0.1) is 5.54 Å². The van der Waals surface area contributed by atoms with E-state index >= 15 is 0 Å². The Morgan fingerprint density at radius 3 is 2.92 bits per heavy atom. The summed E-state index contributed by atoms with van der Waals surface area (Å²) in [4.78, 5) is 23.7. The Kier molecular flexibility index (Phi) is 1.62. The van der Waals surface area contributed by atoms with Crippen molar-refractivity contribution in [3.8, 4) is 0 Å². The van der Waals surface area contributed by atoms with Gasteiger partial charge in [0, 0.05) is 18.9 Å². The topological polar surface area (TPSA) is 57.6 Å². The summed E-state index contributed by atoms with van der Waals surface area (Å²) in [5, 5.41) is 8.99. The second-order valence-electron chi connectivity index (χ2n) is 4.26. The maximum atomic E-state index is 11.3. The van der Waals surface area contributed by atoms with Crippen molar-refractivity contribution in [2.75, 3.05) is 0 Å². The van der Waals surface area contributed by atoms with Crippen molar-refractivity contribution in [1.29, 1.82) is 0 Å². The van der Waals surface area contributed by atoms with E-state index in [9.17, 15) is 9.59 Å². The number of carboxylic acid groups (broad SMARTS) is 1. The first-order valence-electron chi connectivity index (χ1n) is 4.57. The van der Waals surface area contributed by atoms with Crippen LogP contribution in [0.4, 0.5) is 4.79 Å². The molecule has 2 heterocycles. The van der Waals surface area contributed by atoms with Crippen LogP contribution in [0.5, 0.6) is 0 Å². The molecule has 2 aliphatic rings. The number of amides is 1. The Balaban J connectivity index is 2.31. The van der Waals surface area contributed by atoms with Crippen molar-refractivity contribution in [3.05, 3.63) is 0 Å². The minimum absolute atomic E-state index is 0.0521. The summed E-state index contributed by atoms with van der Waals surface area (Å²) in [6, 6.07) is -0.0521. The molecule has 2 atom stereocenters. The molecule has 0 aliphatic carbocycles. The van der Waals surface area contributed by atoms with E-state index in [1.54, 1.807) is 0 Å². The van der Waals surface area contributed by atoms with E-state index in [0.29, 0.717) is 12.8 Å². The number of hydrogen-bond donors (Lipinski definition) is 1. The molecule has 72 valence electrons. The molecule has 2 bridgehead atoms. The molecule has 0 unspecified atom stereocenters. The zero-order valence-electron chi connectivity index (χ0n) is 7.62. The molecule has 13 heavy (non-hydrogen) atoms. The molecule has 0 aromatic heterocycles. The summed E-state index contributed by atoms with van der Waals surface area (Å²) in [7, 11) is 0. The fourth-order valence-corrected chi connectivity index (χ4v) is 2.68. The lowest BCUT2D eigenvalue weighted by atomic mass is 9.90. The van der Waals surface area contributed by atoms with Gasteiger partial charge in [0.1, 0.15) is 5.78 Å². The summed E-state index contributed by atoms with van der Waals surface area (Å²) in [5.74, 6) is 0.211. The Hall–Kier alpha value is -1.06. The first kappa shape index (κ1) is 8.53. The number of ketones is 1. The van der Waals surface area contributed by atoms with Crippen LogP contribution in [-0.4, -0.2) is 33.5 Å². The molecule has 0 aromatic rings. The molecule has 4 heteroatoms. The number of Topliss-reactive ketones (excluding diaryl/α,β-unsaturated/α-hetero) is 1. The molecule has 2 aliphatic heterocycles. The zero-order valence-corrected chi connectivity index (χ0v) is 7.62. The Morgan fingerprint density at radius 2 is 2.38 bits per heavy atom. The van der Waals surface area contributed by atoms with Gasteiger partial charge >= 0.3 is 6.09 Å². The summed E-state index contributed by atoms with van der Waals surface area (Å²) in [6.07, 6.45) is 1.61. The van der Waals surface area contributed by atoms with Crippen LogP contribution in [0.25, 0.3) is 0 Å². The number of nitrogens with zero attached hydrogens (tertiary/aromatic N) is 1. The van der Waals surface area contributed by atoms with Gasteiger partial charge in [0.2, 0.25) is 0 Å². The number of fused-ring (bicyclic) bond motifs is 2. The standard InChI is InChI=1S/C9H13NO3/c1-9-3-2-6(4-7(11)5-9)10(9)8(12)13/h6H,2-5H2,1H3,(H,12,13)/t6-,9+/m1/s1. The zero-order chi connectivity index (χ0) is 9.64. The predicted molar refractivity (Wildman–Crippen MR) is 45.5 cm³/mol. The van der Waals surface area contributed by atoms with Crippen molar-refractivity contribution < 1.29 is 14.7 Å². The van der Waals surface area contributed by atoms with E-state index in [2.05, 4.69) is 0 Å². The van der Waals surface area contributed by atoms with Crippen LogP contribution in [0.15, 0.2) is 0 Å². The van der Waals surface area contributed by atoms with Gasteiger partial charge in [-0.15, -0.1) is 0 Å². The van der Waals surface area contributed by atoms with Crippen molar-refractivity contribution in [2.24, 2.45) is 0 Å². The van der Waals surface area contributed by atoms with Crippen molar-refractivity contribution in [2.45, 2.75) is 44.2 Å². The largest absolute Gasteiger partial charge is 0.465 e.